The lowest BCUT2D eigenvalue weighted by molar-refractivity contribution is -0.275. The van der Waals surface area contributed by atoms with Crippen LogP contribution in [0.2, 0.25) is 0 Å². The molecule has 0 aromatic heterocycles. The number of rotatable bonds is 5. The van der Waals surface area contributed by atoms with E-state index in [2.05, 4.69) is 6.58 Å². The van der Waals surface area contributed by atoms with Crippen molar-refractivity contribution in [3.63, 3.8) is 0 Å². The van der Waals surface area contributed by atoms with Gasteiger partial charge < -0.3 is 28.8 Å². The lowest BCUT2D eigenvalue weighted by Gasteiger charge is -2.38. The van der Waals surface area contributed by atoms with Crippen LogP contribution in [0.15, 0.2) is 12.7 Å². The Morgan fingerprint density at radius 2 is 2.14 bits per heavy atom. The van der Waals surface area contributed by atoms with Crippen LogP contribution in [0.1, 0.15) is 34.1 Å². The summed E-state index contributed by atoms with van der Waals surface area (Å²) < 4.78 is 27.9. The summed E-state index contributed by atoms with van der Waals surface area (Å²) in [7, 11) is 0. The van der Waals surface area contributed by atoms with E-state index in [9.17, 15) is 9.90 Å². The Morgan fingerprint density at radius 3 is 2.73 bits per heavy atom. The molecule has 0 radical (unpaired) electrons. The molecule has 126 valence electrons. The highest BCUT2D eigenvalue weighted by Gasteiger charge is 2.52. The van der Waals surface area contributed by atoms with Crippen molar-refractivity contribution in [2.75, 3.05) is 6.61 Å². The minimum Gasteiger partial charge on any atom is -0.460 e. The van der Waals surface area contributed by atoms with Gasteiger partial charge >= 0.3 is 5.97 Å². The van der Waals surface area contributed by atoms with Crippen LogP contribution in [-0.4, -0.2) is 53.9 Å². The van der Waals surface area contributed by atoms with Crippen molar-refractivity contribution in [1.82, 2.24) is 0 Å². The zero-order valence-corrected chi connectivity index (χ0v) is 13.4. The largest absolute Gasteiger partial charge is 0.460 e. The first-order valence-corrected chi connectivity index (χ1v) is 7.30. The first-order chi connectivity index (χ1) is 10.1. The molecule has 3 unspecified atom stereocenters. The summed E-state index contributed by atoms with van der Waals surface area (Å²) in [5.74, 6) is -2.64. The van der Waals surface area contributed by atoms with E-state index in [1.54, 1.807) is 27.7 Å². The van der Waals surface area contributed by atoms with E-state index >= 15 is 0 Å². The molecule has 7 heteroatoms. The minimum atomic E-state index is -1.31. The third-order valence-corrected chi connectivity index (χ3v) is 3.29. The van der Waals surface area contributed by atoms with Gasteiger partial charge in [0.25, 0.3) is 0 Å². The van der Waals surface area contributed by atoms with Crippen molar-refractivity contribution in [3.8, 4) is 0 Å². The molecule has 2 rings (SSSR count). The average Bonchev–Trinajstić information content (AvgIpc) is 2.68. The second kappa shape index (κ2) is 6.25. The molecule has 22 heavy (non-hydrogen) atoms. The summed E-state index contributed by atoms with van der Waals surface area (Å²) in [5.41, 5.74) is 0. The van der Waals surface area contributed by atoms with Crippen molar-refractivity contribution < 1.29 is 33.6 Å². The number of carbonyl (C=O) groups excluding carboxylic acids is 1. The van der Waals surface area contributed by atoms with Crippen molar-refractivity contribution in [2.45, 2.75) is 70.3 Å². The molecule has 0 amide bonds. The summed E-state index contributed by atoms with van der Waals surface area (Å²) in [6, 6.07) is 0. The SMILES string of the molecule is C=CC(=O)OCC1CC(OC(C)(C)O)C2OC(C)(C)O[C@H]2O1. The van der Waals surface area contributed by atoms with Crippen molar-refractivity contribution in [3.05, 3.63) is 12.7 Å². The Kier molecular flexibility index (Phi) is 4.93. The van der Waals surface area contributed by atoms with E-state index in [1.165, 1.54) is 0 Å². The van der Waals surface area contributed by atoms with Crippen LogP contribution in [0.3, 0.4) is 0 Å². The van der Waals surface area contributed by atoms with Gasteiger partial charge in [0.15, 0.2) is 17.9 Å². The number of carbonyl (C=O) groups is 1. The summed E-state index contributed by atoms with van der Waals surface area (Å²) >= 11 is 0. The molecule has 2 aliphatic rings. The smallest absolute Gasteiger partial charge is 0.330 e. The molecule has 2 aliphatic heterocycles. The number of fused-ring (bicyclic) bond motifs is 1. The third kappa shape index (κ3) is 4.50. The first-order valence-electron chi connectivity index (χ1n) is 7.30. The van der Waals surface area contributed by atoms with Crippen molar-refractivity contribution in [2.24, 2.45) is 0 Å². The zero-order chi connectivity index (χ0) is 16.5. The summed E-state index contributed by atoms with van der Waals surface area (Å²) in [6.45, 7) is 10.1. The molecule has 0 spiro atoms. The fourth-order valence-corrected chi connectivity index (χ4v) is 2.58. The van der Waals surface area contributed by atoms with Crippen molar-refractivity contribution >= 4 is 5.97 Å². The lowest BCUT2D eigenvalue weighted by Crippen LogP contribution is -2.51. The molecule has 0 aromatic rings. The van der Waals surface area contributed by atoms with Gasteiger partial charge in [-0.05, 0) is 27.7 Å². The van der Waals surface area contributed by atoms with E-state index < -0.39 is 42.1 Å². The first kappa shape index (κ1) is 17.4. The maximum absolute atomic E-state index is 11.2. The highest BCUT2D eigenvalue weighted by molar-refractivity contribution is 5.81. The second-order valence-electron chi connectivity index (χ2n) is 6.40. The topological polar surface area (TPSA) is 83.5 Å². The Balaban J connectivity index is 2.05. The van der Waals surface area contributed by atoms with Gasteiger partial charge in [0.2, 0.25) is 0 Å². The highest BCUT2D eigenvalue weighted by Crippen LogP contribution is 2.38. The number of aliphatic hydroxyl groups is 1. The van der Waals surface area contributed by atoms with Crippen LogP contribution in [-0.2, 0) is 28.5 Å². The molecule has 0 aromatic carbocycles. The van der Waals surface area contributed by atoms with E-state index in [-0.39, 0.29) is 6.61 Å². The summed E-state index contributed by atoms with van der Waals surface area (Å²) in [6.07, 6.45) is -0.428. The zero-order valence-electron chi connectivity index (χ0n) is 13.4. The fraction of sp³-hybridized carbons (Fsp3) is 0.800. The predicted molar refractivity (Wildman–Crippen MR) is 75.6 cm³/mol. The van der Waals surface area contributed by atoms with Crippen molar-refractivity contribution in [1.29, 1.82) is 0 Å². The van der Waals surface area contributed by atoms with E-state index in [1.807, 2.05) is 0 Å². The van der Waals surface area contributed by atoms with Gasteiger partial charge in [-0.15, -0.1) is 0 Å². The van der Waals surface area contributed by atoms with Gasteiger partial charge in [-0.25, -0.2) is 4.79 Å². The van der Waals surface area contributed by atoms with Gasteiger partial charge in [-0.1, -0.05) is 6.58 Å². The van der Waals surface area contributed by atoms with Crippen LogP contribution in [0.5, 0.6) is 0 Å². The highest BCUT2D eigenvalue weighted by atomic mass is 16.8. The maximum atomic E-state index is 11.2. The van der Waals surface area contributed by atoms with E-state index in [4.69, 9.17) is 23.7 Å². The van der Waals surface area contributed by atoms with Crippen LogP contribution in [0.25, 0.3) is 0 Å². The van der Waals surface area contributed by atoms with Crippen LogP contribution in [0, 0.1) is 0 Å². The molecule has 2 heterocycles. The second-order valence-corrected chi connectivity index (χ2v) is 6.40. The summed E-state index contributed by atoms with van der Waals surface area (Å²) in [4.78, 5) is 11.2. The molecular weight excluding hydrogens is 292 g/mol. The van der Waals surface area contributed by atoms with Gasteiger partial charge in [0.1, 0.15) is 12.7 Å². The van der Waals surface area contributed by atoms with Crippen LogP contribution >= 0.6 is 0 Å². The lowest BCUT2D eigenvalue weighted by atomic mass is 10.0. The number of hydrogen-bond acceptors (Lipinski definition) is 7. The molecule has 0 saturated carbocycles. The molecule has 0 aliphatic carbocycles. The monoisotopic (exact) mass is 316 g/mol. The molecule has 4 atom stereocenters. The van der Waals surface area contributed by atoms with E-state index in [0.717, 1.165) is 6.08 Å². The van der Waals surface area contributed by atoms with Gasteiger partial charge in [0.05, 0.1) is 12.2 Å². The Morgan fingerprint density at radius 1 is 1.45 bits per heavy atom. The van der Waals surface area contributed by atoms with Gasteiger partial charge in [-0.3, -0.25) is 0 Å². The maximum Gasteiger partial charge on any atom is 0.330 e. The van der Waals surface area contributed by atoms with Gasteiger partial charge in [0, 0.05) is 12.5 Å². The molecule has 7 nitrogen and oxygen atoms in total. The van der Waals surface area contributed by atoms with Crippen LogP contribution < -0.4 is 0 Å². The van der Waals surface area contributed by atoms with Gasteiger partial charge in [-0.2, -0.15) is 0 Å². The quantitative estimate of drug-likeness (QED) is 0.462. The molecule has 2 saturated heterocycles. The molecule has 2 fully saturated rings. The summed E-state index contributed by atoms with van der Waals surface area (Å²) in [5, 5.41) is 9.90. The minimum absolute atomic E-state index is 0.0591. The Bertz CT molecular complexity index is 426. The molecule has 1 N–H and O–H groups in total. The average molecular weight is 316 g/mol. The number of esters is 1. The molecule has 0 bridgehead atoms. The normalized spacial score (nSPS) is 34.0. The fourth-order valence-electron chi connectivity index (χ4n) is 2.58. The standard InChI is InChI=1S/C15H24O7/c1-6-11(16)18-8-9-7-10(20-14(2,3)17)12-13(19-9)22-15(4,5)21-12/h6,9-10,12-13,17H,1,7-8H2,2-5H3/t9?,10?,12?,13-/m1/s1. The van der Waals surface area contributed by atoms with E-state index in [0.29, 0.717) is 6.42 Å². The Labute approximate surface area is 130 Å². The van der Waals surface area contributed by atoms with Crippen LogP contribution in [0.4, 0.5) is 0 Å². The predicted octanol–water partition coefficient (Wildman–Crippen LogP) is 1.10. The molecular formula is C15H24O7. The Hall–Kier alpha value is -0.990. The number of ether oxygens (including phenoxy) is 5. The number of hydrogen-bond donors (Lipinski definition) is 1. The third-order valence-electron chi connectivity index (χ3n) is 3.29.